The molecule has 2 aromatic heterocycles. The molecular formula is C25H31N4O4S2-. The minimum Gasteiger partial charge on any atom is -0.771 e. The SMILES string of the molecule is Cc1c(CN2CCN(CS(=O)[O-])CC2)sc2c(N3CCOCC3)nc(-c3cccc(CO)c3)cc12. The van der Waals surface area contributed by atoms with Crippen molar-refractivity contribution in [1.82, 2.24) is 14.8 Å². The van der Waals surface area contributed by atoms with Crippen molar-refractivity contribution >= 4 is 38.3 Å². The summed E-state index contributed by atoms with van der Waals surface area (Å²) in [5.41, 5.74) is 4.08. The van der Waals surface area contributed by atoms with Crippen LogP contribution in [0, 0.1) is 6.92 Å². The summed E-state index contributed by atoms with van der Waals surface area (Å²) in [5.74, 6) is 1.13. The standard InChI is InChI=1S/C25H32N4O4S2/c1-18-21-14-22(20-4-2-3-19(13-20)16-30)26-25(29-9-11-33-12-10-29)24(21)34-23(18)15-27-5-7-28(8-6-27)17-35(31)32/h2-4,13-14,30H,5-12,15-17H2,1H3,(H,31,32)/p-1. The summed E-state index contributed by atoms with van der Waals surface area (Å²) in [6.07, 6.45) is 0. The average Bonchev–Trinajstić information content (AvgIpc) is 3.20. The average molecular weight is 516 g/mol. The summed E-state index contributed by atoms with van der Waals surface area (Å²) in [7, 11) is 0. The summed E-state index contributed by atoms with van der Waals surface area (Å²) in [6.45, 7) is 9.34. The fourth-order valence-corrected chi connectivity index (χ4v) is 6.70. The van der Waals surface area contributed by atoms with Crippen molar-refractivity contribution in [3.63, 3.8) is 0 Å². The van der Waals surface area contributed by atoms with E-state index in [2.05, 4.69) is 22.8 Å². The minimum absolute atomic E-state index is 0.00597. The molecule has 2 aliphatic heterocycles. The number of aliphatic hydroxyl groups excluding tert-OH is 1. The zero-order valence-electron chi connectivity index (χ0n) is 19.9. The Morgan fingerprint density at radius 3 is 2.57 bits per heavy atom. The third-order valence-electron chi connectivity index (χ3n) is 6.84. The number of rotatable bonds is 7. The maximum Gasteiger partial charge on any atom is 0.147 e. The van der Waals surface area contributed by atoms with Gasteiger partial charge in [-0.3, -0.25) is 14.0 Å². The largest absolute Gasteiger partial charge is 0.771 e. The molecule has 5 rings (SSSR count). The fraction of sp³-hybridized carbons (Fsp3) is 0.480. The second-order valence-electron chi connectivity index (χ2n) is 9.14. The lowest BCUT2D eigenvalue weighted by Crippen LogP contribution is -2.46. The van der Waals surface area contributed by atoms with Gasteiger partial charge in [0.25, 0.3) is 0 Å². The highest BCUT2D eigenvalue weighted by Gasteiger charge is 2.23. The zero-order chi connectivity index (χ0) is 24.4. The molecule has 1 unspecified atom stereocenters. The number of anilines is 1. The van der Waals surface area contributed by atoms with Crippen molar-refractivity contribution in [2.45, 2.75) is 20.1 Å². The first-order valence-electron chi connectivity index (χ1n) is 12.0. The van der Waals surface area contributed by atoms with E-state index in [9.17, 15) is 13.9 Å². The first-order chi connectivity index (χ1) is 17.0. The summed E-state index contributed by atoms with van der Waals surface area (Å²) in [6, 6.07) is 10.1. The van der Waals surface area contributed by atoms with Crippen molar-refractivity contribution < 1.29 is 18.6 Å². The smallest absolute Gasteiger partial charge is 0.147 e. The molecule has 188 valence electrons. The number of piperazine rings is 1. The van der Waals surface area contributed by atoms with Gasteiger partial charge in [-0.2, -0.15) is 0 Å². The van der Waals surface area contributed by atoms with Crippen molar-refractivity contribution in [3.8, 4) is 11.3 Å². The number of benzene rings is 1. The van der Waals surface area contributed by atoms with Crippen molar-refractivity contribution in [3.05, 3.63) is 46.3 Å². The van der Waals surface area contributed by atoms with E-state index in [-0.39, 0.29) is 12.5 Å². The molecule has 1 atom stereocenters. The molecule has 0 amide bonds. The van der Waals surface area contributed by atoms with Crippen molar-refractivity contribution in [2.24, 2.45) is 0 Å². The Kier molecular flexibility index (Phi) is 7.78. The molecule has 3 aromatic rings. The van der Waals surface area contributed by atoms with Gasteiger partial charge in [0.2, 0.25) is 0 Å². The van der Waals surface area contributed by atoms with Crippen LogP contribution in [0.4, 0.5) is 5.82 Å². The van der Waals surface area contributed by atoms with Gasteiger partial charge in [0.1, 0.15) is 5.82 Å². The number of aryl methyl sites for hydroxylation is 1. The molecule has 0 saturated carbocycles. The van der Waals surface area contributed by atoms with E-state index >= 15 is 0 Å². The maximum atomic E-state index is 11.0. The Morgan fingerprint density at radius 1 is 1.11 bits per heavy atom. The number of aromatic nitrogens is 1. The minimum atomic E-state index is -2.03. The third kappa shape index (κ3) is 5.59. The first kappa shape index (κ1) is 24.8. The van der Waals surface area contributed by atoms with Crippen LogP contribution in [0.5, 0.6) is 0 Å². The third-order valence-corrected chi connectivity index (χ3v) is 8.70. The van der Waals surface area contributed by atoms with E-state index in [1.165, 1.54) is 20.5 Å². The van der Waals surface area contributed by atoms with Crippen LogP contribution in [-0.4, -0.2) is 87.0 Å². The van der Waals surface area contributed by atoms with E-state index in [0.717, 1.165) is 68.5 Å². The number of nitrogens with zero attached hydrogens (tertiary/aromatic N) is 4. The number of aliphatic hydroxyl groups is 1. The summed E-state index contributed by atoms with van der Waals surface area (Å²) in [5, 5.41) is 10.9. The number of fused-ring (bicyclic) bond motifs is 1. The van der Waals surface area contributed by atoms with Crippen LogP contribution in [-0.2, 0) is 29.0 Å². The quantitative estimate of drug-likeness (QED) is 0.480. The first-order valence-corrected chi connectivity index (χ1v) is 14.0. The lowest BCUT2D eigenvalue weighted by molar-refractivity contribution is 0.122. The predicted molar refractivity (Wildman–Crippen MR) is 139 cm³/mol. The van der Waals surface area contributed by atoms with Crippen LogP contribution < -0.4 is 4.90 Å². The lowest BCUT2D eigenvalue weighted by Gasteiger charge is -2.34. The Morgan fingerprint density at radius 2 is 1.86 bits per heavy atom. The highest BCUT2D eigenvalue weighted by atomic mass is 32.2. The molecule has 0 aliphatic carbocycles. The molecule has 2 saturated heterocycles. The molecule has 8 nitrogen and oxygen atoms in total. The Hall–Kier alpha value is -1.92. The van der Waals surface area contributed by atoms with Gasteiger partial charge in [-0.1, -0.05) is 18.2 Å². The molecular weight excluding hydrogens is 484 g/mol. The Balaban J connectivity index is 1.48. The van der Waals surface area contributed by atoms with E-state index in [1.54, 1.807) is 0 Å². The second kappa shape index (κ2) is 11.0. The number of ether oxygens (including phenoxy) is 1. The molecule has 0 radical (unpaired) electrons. The number of pyridine rings is 1. The summed E-state index contributed by atoms with van der Waals surface area (Å²) >= 11 is -0.205. The van der Waals surface area contributed by atoms with Crippen LogP contribution in [0.3, 0.4) is 0 Å². The second-order valence-corrected chi connectivity index (χ2v) is 11.1. The van der Waals surface area contributed by atoms with Crippen molar-refractivity contribution in [1.29, 1.82) is 0 Å². The van der Waals surface area contributed by atoms with E-state index < -0.39 is 11.1 Å². The highest BCUT2D eigenvalue weighted by Crippen LogP contribution is 2.40. The van der Waals surface area contributed by atoms with Crippen LogP contribution >= 0.6 is 11.3 Å². The number of hydrogen-bond donors (Lipinski definition) is 1. The molecule has 35 heavy (non-hydrogen) atoms. The topological polar surface area (TPSA) is 92.2 Å². The van der Waals surface area contributed by atoms with Gasteiger partial charge < -0.3 is 19.3 Å². The molecule has 1 N–H and O–H groups in total. The molecule has 0 bridgehead atoms. The molecule has 2 fully saturated rings. The van der Waals surface area contributed by atoms with E-state index in [4.69, 9.17) is 9.72 Å². The van der Waals surface area contributed by atoms with E-state index in [0.29, 0.717) is 13.2 Å². The van der Waals surface area contributed by atoms with Gasteiger partial charge in [0, 0.05) is 61.6 Å². The predicted octanol–water partition coefficient (Wildman–Crippen LogP) is 2.55. The fourth-order valence-electron chi connectivity index (χ4n) is 4.79. The van der Waals surface area contributed by atoms with Gasteiger partial charge in [0.15, 0.2) is 0 Å². The van der Waals surface area contributed by atoms with Gasteiger partial charge in [0.05, 0.1) is 36.1 Å². The molecule has 10 heteroatoms. The van der Waals surface area contributed by atoms with Gasteiger partial charge in [-0.25, -0.2) is 4.98 Å². The van der Waals surface area contributed by atoms with Crippen LogP contribution in [0.1, 0.15) is 16.0 Å². The molecule has 1 aromatic carbocycles. The summed E-state index contributed by atoms with van der Waals surface area (Å²) in [4.78, 5) is 13.2. The van der Waals surface area contributed by atoms with Crippen LogP contribution in [0.15, 0.2) is 30.3 Å². The molecule has 4 heterocycles. The zero-order valence-corrected chi connectivity index (χ0v) is 21.6. The monoisotopic (exact) mass is 515 g/mol. The van der Waals surface area contributed by atoms with Crippen LogP contribution in [0.25, 0.3) is 21.3 Å². The van der Waals surface area contributed by atoms with E-state index in [1.807, 2.05) is 40.5 Å². The van der Waals surface area contributed by atoms with Crippen LogP contribution in [0.2, 0.25) is 0 Å². The molecule has 2 aliphatic rings. The van der Waals surface area contributed by atoms with Gasteiger partial charge in [-0.05, 0) is 41.3 Å². The Labute approximate surface area is 212 Å². The highest BCUT2D eigenvalue weighted by molar-refractivity contribution is 7.79. The normalized spacial score (nSPS) is 18.9. The number of morpholine rings is 1. The number of thiophene rings is 1. The number of hydrogen-bond acceptors (Lipinski definition) is 9. The molecule has 0 spiro atoms. The summed E-state index contributed by atoms with van der Waals surface area (Å²) < 4.78 is 28.9. The maximum absolute atomic E-state index is 11.0. The van der Waals surface area contributed by atoms with Crippen molar-refractivity contribution in [2.75, 3.05) is 63.3 Å². The Bertz CT molecular complexity index is 1200. The lowest BCUT2D eigenvalue weighted by atomic mass is 10.0. The van der Waals surface area contributed by atoms with Gasteiger partial charge >= 0.3 is 0 Å². The van der Waals surface area contributed by atoms with Gasteiger partial charge in [-0.15, -0.1) is 11.3 Å².